The summed E-state index contributed by atoms with van der Waals surface area (Å²) in [6, 6.07) is 22.6. The highest BCUT2D eigenvalue weighted by Crippen LogP contribution is 2.23. The lowest BCUT2D eigenvalue weighted by Gasteiger charge is -2.19. The molecule has 0 bridgehead atoms. The van der Waals surface area contributed by atoms with Gasteiger partial charge in [0, 0.05) is 22.6 Å². The van der Waals surface area contributed by atoms with E-state index in [0.29, 0.717) is 22.6 Å². The molecule has 0 aliphatic rings. The summed E-state index contributed by atoms with van der Waals surface area (Å²) in [5.74, 6) is 1.73. The molecular formula is C27H29NO3S. The average molecular weight is 448 g/mol. The van der Waals surface area contributed by atoms with E-state index in [2.05, 4.69) is 26.1 Å². The second-order valence-corrected chi connectivity index (χ2v) is 9.61. The molecule has 0 atom stereocenters. The Labute approximate surface area is 194 Å². The Kier molecular flexibility index (Phi) is 7.75. The van der Waals surface area contributed by atoms with Gasteiger partial charge in [-0.3, -0.25) is 9.59 Å². The first-order valence-corrected chi connectivity index (χ1v) is 11.7. The fraction of sp³-hybridized carbons (Fsp3) is 0.259. The van der Waals surface area contributed by atoms with E-state index >= 15 is 0 Å². The number of ether oxygens (including phenoxy) is 1. The third-order valence-corrected chi connectivity index (χ3v) is 6.09. The van der Waals surface area contributed by atoms with Crippen molar-refractivity contribution in [1.82, 2.24) is 0 Å². The third-order valence-electron chi connectivity index (χ3n) is 5.08. The van der Waals surface area contributed by atoms with Gasteiger partial charge in [0.05, 0.1) is 12.9 Å². The summed E-state index contributed by atoms with van der Waals surface area (Å²) in [5, 5.41) is 2.89. The number of benzene rings is 3. The Morgan fingerprint density at radius 3 is 2.22 bits per heavy atom. The maximum absolute atomic E-state index is 12.9. The van der Waals surface area contributed by atoms with Crippen LogP contribution < -0.4 is 10.1 Å². The van der Waals surface area contributed by atoms with E-state index in [1.165, 1.54) is 17.3 Å². The zero-order valence-corrected chi connectivity index (χ0v) is 19.8. The maximum Gasteiger partial charge on any atom is 0.234 e. The van der Waals surface area contributed by atoms with E-state index in [1.54, 1.807) is 31.4 Å². The van der Waals surface area contributed by atoms with Gasteiger partial charge in [0.25, 0.3) is 0 Å². The molecule has 0 radical (unpaired) electrons. The van der Waals surface area contributed by atoms with Gasteiger partial charge in [-0.1, -0.05) is 69.3 Å². The van der Waals surface area contributed by atoms with Crippen LogP contribution in [0.1, 0.15) is 47.8 Å². The van der Waals surface area contributed by atoms with Crippen LogP contribution in [0.25, 0.3) is 0 Å². The highest BCUT2D eigenvalue weighted by molar-refractivity contribution is 7.99. The van der Waals surface area contributed by atoms with E-state index < -0.39 is 0 Å². The van der Waals surface area contributed by atoms with Crippen molar-refractivity contribution >= 4 is 29.1 Å². The maximum atomic E-state index is 12.9. The van der Waals surface area contributed by atoms with Gasteiger partial charge < -0.3 is 10.1 Å². The van der Waals surface area contributed by atoms with E-state index in [4.69, 9.17) is 4.74 Å². The normalized spacial score (nSPS) is 11.1. The van der Waals surface area contributed by atoms with Crippen molar-refractivity contribution in [2.45, 2.75) is 31.9 Å². The molecule has 1 amide bonds. The first-order chi connectivity index (χ1) is 15.3. The van der Waals surface area contributed by atoms with Crippen molar-refractivity contribution in [3.8, 4) is 5.75 Å². The first kappa shape index (κ1) is 23.6. The second-order valence-electron chi connectivity index (χ2n) is 8.63. The van der Waals surface area contributed by atoms with Gasteiger partial charge in [0.1, 0.15) is 5.75 Å². The molecule has 0 spiro atoms. The molecule has 3 aromatic carbocycles. The lowest BCUT2D eigenvalue weighted by atomic mass is 9.86. The Morgan fingerprint density at radius 2 is 1.59 bits per heavy atom. The van der Waals surface area contributed by atoms with Gasteiger partial charge in [0.15, 0.2) is 5.78 Å². The molecule has 0 saturated carbocycles. The smallest absolute Gasteiger partial charge is 0.234 e. The van der Waals surface area contributed by atoms with Gasteiger partial charge in [0.2, 0.25) is 5.91 Å². The van der Waals surface area contributed by atoms with Crippen LogP contribution in [-0.2, 0) is 16.0 Å². The van der Waals surface area contributed by atoms with Gasteiger partial charge in [-0.2, -0.15) is 0 Å². The lowest BCUT2D eigenvalue weighted by molar-refractivity contribution is -0.113. The number of carbonyl (C=O) groups is 2. The van der Waals surface area contributed by atoms with E-state index in [0.717, 1.165) is 17.1 Å². The molecule has 0 aliphatic carbocycles. The first-order valence-electron chi connectivity index (χ1n) is 10.5. The number of rotatable bonds is 8. The number of carbonyl (C=O) groups excluding carboxylic acids is 2. The van der Waals surface area contributed by atoms with Crippen LogP contribution in [0.15, 0.2) is 72.8 Å². The molecular weight excluding hydrogens is 418 g/mol. The van der Waals surface area contributed by atoms with Gasteiger partial charge in [-0.05, 0) is 40.8 Å². The minimum Gasteiger partial charge on any atom is -0.497 e. The topological polar surface area (TPSA) is 55.4 Å². The number of nitrogens with one attached hydrogen (secondary N) is 1. The number of ketones is 1. The number of methoxy groups -OCH3 is 1. The Morgan fingerprint density at radius 1 is 0.906 bits per heavy atom. The van der Waals surface area contributed by atoms with Crippen LogP contribution in [0, 0.1) is 0 Å². The van der Waals surface area contributed by atoms with E-state index in [1.807, 2.05) is 48.5 Å². The predicted octanol–water partition coefficient (Wildman–Crippen LogP) is 6.10. The lowest BCUT2D eigenvalue weighted by Crippen LogP contribution is -2.14. The van der Waals surface area contributed by atoms with E-state index in [-0.39, 0.29) is 17.1 Å². The zero-order valence-electron chi connectivity index (χ0n) is 19.0. The molecule has 0 aliphatic heterocycles. The zero-order chi connectivity index (χ0) is 23.1. The monoisotopic (exact) mass is 447 g/mol. The van der Waals surface area contributed by atoms with Crippen molar-refractivity contribution in [1.29, 1.82) is 0 Å². The summed E-state index contributed by atoms with van der Waals surface area (Å²) in [6.45, 7) is 6.43. The van der Waals surface area contributed by atoms with Crippen molar-refractivity contribution in [2.75, 3.05) is 18.2 Å². The number of anilines is 1. The van der Waals surface area contributed by atoms with Gasteiger partial charge in [-0.25, -0.2) is 0 Å². The largest absolute Gasteiger partial charge is 0.497 e. The molecule has 0 unspecified atom stereocenters. The molecule has 0 aromatic heterocycles. The molecule has 5 heteroatoms. The van der Waals surface area contributed by atoms with Crippen molar-refractivity contribution in [3.05, 3.63) is 95.1 Å². The third kappa shape index (κ3) is 6.47. The molecule has 0 heterocycles. The van der Waals surface area contributed by atoms with Crippen LogP contribution in [0.2, 0.25) is 0 Å². The Hall–Kier alpha value is -3.05. The average Bonchev–Trinajstić information content (AvgIpc) is 2.79. The SMILES string of the molecule is COc1ccc(CSCC(=O)Nc2cccc(C(=O)c3ccc(C(C)(C)C)cc3)c2)cc1. The molecule has 166 valence electrons. The van der Waals surface area contributed by atoms with Gasteiger partial charge in [-0.15, -0.1) is 11.8 Å². The molecule has 32 heavy (non-hydrogen) atoms. The number of hydrogen-bond acceptors (Lipinski definition) is 4. The molecule has 1 N–H and O–H groups in total. The van der Waals surface area contributed by atoms with Crippen LogP contribution in [0.3, 0.4) is 0 Å². The van der Waals surface area contributed by atoms with E-state index in [9.17, 15) is 9.59 Å². The van der Waals surface area contributed by atoms with Crippen molar-refractivity contribution in [2.24, 2.45) is 0 Å². The summed E-state index contributed by atoms with van der Waals surface area (Å²) >= 11 is 1.54. The quantitative estimate of drug-likeness (QED) is 0.424. The Bertz CT molecular complexity index is 1070. The van der Waals surface area contributed by atoms with Crippen molar-refractivity contribution < 1.29 is 14.3 Å². The minimum atomic E-state index is -0.0948. The molecule has 3 aromatic rings. The van der Waals surface area contributed by atoms with Crippen LogP contribution in [-0.4, -0.2) is 24.6 Å². The van der Waals surface area contributed by atoms with Crippen LogP contribution in [0.5, 0.6) is 5.75 Å². The highest BCUT2D eigenvalue weighted by atomic mass is 32.2. The summed E-state index contributed by atoms with van der Waals surface area (Å²) in [7, 11) is 1.64. The molecule has 3 rings (SSSR count). The number of amides is 1. The second kappa shape index (κ2) is 10.5. The standard InChI is InChI=1S/C27H29NO3S/c1-27(2,3)22-12-10-20(11-13-22)26(30)21-6-5-7-23(16-21)28-25(29)18-32-17-19-8-14-24(31-4)15-9-19/h5-16H,17-18H2,1-4H3,(H,28,29). The molecule has 0 fully saturated rings. The number of hydrogen-bond donors (Lipinski definition) is 1. The number of thioether (sulfide) groups is 1. The molecule has 0 saturated heterocycles. The summed E-state index contributed by atoms with van der Waals surface area (Å²) < 4.78 is 5.16. The highest BCUT2D eigenvalue weighted by Gasteiger charge is 2.15. The minimum absolute atomic E-state index is 0.0389. The Balaban J connectivity index is 1.56. The van der Waals surface area contributed by atoms with Crippen LogP contribution in [0.4, 0.5) is 5.69 Å². The summed E-state index contributed by atoms with van der Waals surface area (Å²) in [4.78, 5) is 25.2. The fourth-order valence-electron chi connectivity index (χ4n) is 3.21. The predicted molar refractivity (Wildman–Crippen MR) is 133 cm³/mol. The van der Waals surface area contributed by atoms with Crippen LogP contribution >= 0.6 is 11.8 Å². The fourth-order valence-corrected chi connectivity index (χ4v) is 3.99. The summed E-state index contributed by atoms with van der Waals surface area (Å²) in [6.07, 6.45) is 0. The van der Waals surface area contributed by atoms with Gasteiger partial charge >= 0.3 is 0 Å². The summed E-state index contributed by atoms with van der Waals surface area (Å²) in [5.41, 5.74) is 4.17. The molecule has 4 nitrogen and oxygen atoms in total. The van der Waals surface area contributed by atoms with Crippen molar-refractivity contribution in [3.63, 3.8) is 0 Å².